The van der Waals surface area contributed by atoms with E-state index in [4.69, 9.17) is 5.73 Å². The lowest BCUT2D eigenvalue weighted by atomic mass is 10.0. The first kappa shape index (κ1) is 21.4. The predicted molar refractivity (Wildman–Crippen MR) is 93.5 cm³/mol. The molecule has 0 aromatic heterocycles. The number of nitrogens with two attached hydrogens (primary N) is 1. The monoisotopic (exact) mass is 314 g/mol. The van der Waals surface area contributed by atoms with Crippen molar-refractivity contribution < 1.29 is 9.90 Å². The maximum atomic E-state index is 11.9. The van der Waals surface area contributed by atoms with Crippen LogP contribution in [0.25, 0.3) is 0 Å². The van der Waals surface area contributed by atoms with Gasteiger partial charge in [-0.15, -0.1) is 0 Å². The van der Waals surface area contributed by atoms with E-state index in [9.17, 15) is 9.90 Å². The molecule has 0 aliphatic carbocycles. The van der Waals surface area contributed by atoms with Gasteiger partial charge in [0.15, 0.2) is 0 Å². The van der Waals surface area contributed by atoms with Gasteiger partial charge in [-0.3, -0.25) is 4.79 Å². The Morgan fingerprint density at radius 3 is 1.95 bits per heavy atom. The van der Waals surface area contributed by atoms with Crippen molar-refractivity contribution in [1.82, 2.24) is 5.32 Å². The third-order valence-electron chi connectivity index (χ3n) is 4.10. The van der Waals surface area contributed by atoms with Crippen LogP contribution in [0.3, 0.4) is 0 Å². The lowest BCUT2D eigenvalue weighted by molar-refractivity contribution is -0.129. The third-order valence-corrected chi connectivity index (χ3v) is 4.10. The molecule has 0 spiro atoms. The predicted octanol–water partition coefficient (Wildman–Crippen LogP) is 3.86. The standard InChI is InChI=1S/C18H38N2O2/c1-3-5-6-7-8-9-10-11-12-13-17(21)20-18(22,14-4-2)15-16-19/h22H,3-16,19H2,1-2H3,(H,20,21). The molecule has 0 saturated heterocycles. The fraction of sp³-hybridized carbons (Fsp3) is 0.944. The number of hydrogen-bond donors (Lipinski definition) is 3. The minimum atomic E-state index is -1.11. The zero-order valence-electron chi connectivity index (χ0n) is 14.8. The fourth-order valence-corrected chi connectivity index (χ4v) is 2.82. The van der Waals surface area contributed by atoms with Crippen molar-refractivity contribution >= 4 is 5.91 Å². The lowest BCUT2D eigenvalue weighted by Gasteiger charge is -2.28. The molecule has 4 N–H and O–H groups in total. The average molecular weight is 315 g/mol. The molecular weight excluding hydrogens is 276 g/mol. The van der Waals surface area contributed by atoms with E-state index in [1.54, 1.807) is 0 Å². The zero-order chi connectivity index (χ0) is 16.7. The van der Waals surface area contributed by atoms with E-state index in [0.717, 1.165) is 19.3 Å². The SMILES string of the molecule is CCCCCCCCCCCC(=O)NC(O)(CCC)CCN. The molecule has 0 heterocycles. The molecule has 1 atom stereocenters. The Bertz CT molecular complexity index is 264. The van der Waals surface area contributed by atoms with Gasteiger partial charge in [0.1, 0.15) is 5.72 Å². The van der Waals surface area contributed by atoms with E-state index in [2.05, 4.69) is 12.2 Å². The second kappa shape index (κ2) is 14.0. The maximum Gasteiger partial charge on any atom is 0.222 e. The third kappa shape index (κ3) is 12.0. The molecule has 1 unspecified atom stereocenters. The summed E-state index contributed by atoms with van der Waals surface area (Å²) in [7, 11) is 0. The van der Waals surface area contributed by atoms with Crippen LogP contribution in [0.5, 0.6) is 0 Å². The van der Waals surface area contributed by atoms with E-state index >= 15 is 0 Å². The van der Waals surface area contributed by atoms with Gasteiger partial charge in [-0.05, 0) is 19.4 Å². The zero-order valence-corrected chi connectivity index (χ0v) is 14.8. The van der Waals surface area contributed by atoms with E-state index in [0.29, 0.717) is 25.8 Å². The van der Waals surface area contributed by atoms with E-state index in [1.165, 1.54) is 44.9 Å². The van der Waals surface area contributed by atoms with E-state index in [-0.39, 0.29) is 5.91 Å². The van der Waals surface area contributed by atoms with Crippen molar-refractivity contribution in [2.45, 2.75) is 103 Å². The van der Waals surface area contributed by atoms with Crippen molar-refractivity contribution in [3.05, 3.63) is 0 Å². The number of hydrogen-bond acceptors (Lipinski definition) is 3. The van der Waals surface area contributed by atoms with E-state index in [1.807, 2.05) is 6.92 Å². The molecule has 0 saturated carbocycles. The molecule has 22 heavy (non-hydrogen) atoms. The van der Waals surface area contributed by atoms with Crippen LogP contribution < -0.4 is 11.1 Å². The molecule has 4 nitrogen and oxygen atoms in total. The molecule has 4 heteroatoms. The van der Waals surface area contributed by atoms with Gasteiger partial charge in [-0.1, -0.05) is 71.6 Å². The summed E-state index contributed by atoms with van der Waals surface area (Å²) >= 11 is 0. The van der Waals surface area contributed by atoms with Crippen LogP contribution in [0.15, 0.2) is 0 Å². The highest BCUT2D eigenvalue weighted by Crippen LogP contribution is 2.15. The Balaban J connectivity index is 3.63. The Hall–Kier alpha value is -0.610. The quantitative estimate of drug-likeness (QED) is 0.317. The summed E-state index contributed by atoms with van der Waals surface area (Å²) in [5.74, 6) is -0.0488. The molecule has 0 aromatic rings. The first-order valence-electron chi connectivity index (χ1n) is 9.31. The van der Waals surface area contributed by atoms with Crippen LogP contribution >= 0.6 is 0 Å². The molecule has 0 rings (SSSR count). The summed E-state index contributed by atoms with van der Waals surface area (Å²) in [5, 5.41) is 13.1. The molecule has 0 aliphatic heterocycles. The second-order valence-electron chi connectivity index (χ2n) is 6.45. The summed E-state index contributed by atoms with van der Waals surface area (Å²) in [4.78, 5) is 11.9. The van der Waals surface area contributed by atoms with Crippen LogP contribution in [-0.2, 0) is 4.79 Å². The normalized spacial score (nSPS) is 13.8. The highest BCUT2D eigenvalue weighted by atomic mass is 16.3. The van der Waals surface area contributed by atoms with E-state index < -0.39 is 5.72 Å². The molecule has 132 valence electrons. The minimum Gasteiger partial charge on any atom is -0.371 e. The number of carbonyl (C=O) groups is 1. The number of unbranched alkanes of at least 4 members (excludes halogenated alkanes) is 8. The first-order chi connectivity index (χ1) is 10.6. The van der Waals surface area contributed by atoms with Crippen molar-refractivity contribution in [2.75, 3.05) is 6.54 Å². The highest BCUT2D eigenvalue weighted by Gasteiger charge is 2.26. The van der Waals surface area contributed by atoms with Gasteiger partial charge >= 0.3 is 0 Å². The number of nitrogens with one attached hydrogen (secondary N) is 1. The summed E-state index contributed by atoms with van der Waals surface area (Å²) in [6.07, 6.45) is 13.5. The topological polar surface area (TPSA) is 75.3 Å². The summed E-state index contributed by atoms with van der Waals surface area (Å²) in [6, 6.07) is 0. The fourth-order valence-electron chi connectivity index (χ4n) is 2.82. The van der Waals surface area contributed by atoms with Crippen LogP contribution in [0, 0.1) is 0 Å². The van der Waals surface area contributed by atoms with Gasteiger partial charge in [0.2, 0.25) is 5.91 Å². The number of aliphatic hydroxyl groups is 1. The van der Waals surface area contributed by atoms with Crippen LogP contribution in [0.4, 0.5) is 0 Å². The van der Waals surface area contributed by atoms with Gasteiger partial charge < -0.3 is 16.2 Å². The molecule has 0 radical (unpaired) electrons. The second-order valence-corrected chi connectivity index (χ2v) is 6.45. The molecular formula is C18H38N2O2. The van der Waals surface area contributed by atoms with Crippen molar-refractivity contribution in [2.24, 2.45) is 5.73 Å². The minimum absolute atomic E-state index is 0.0488. The molecule has 0 bridgehead atoms. The molecule has 0 aliphatic rings. The first-order valence-corrected chi connectivity index (χ1v) is 9.31. The Morgan fingerprint density at radius 1 is 0.909 bits per heavy atom. The smallest absolute Gasteiger partial charge is 0.222 e. The highest BCUT2D eigenvalue weighted by molar-refractivity contribution is 5.76. The molecule has 0 fully saturated rings. The van der Waals surface area contributed by atoms with Crippen molar-refractivity contribution in [3.63, 3.8) is 0 Å². The lowest BCUT2D eigenvalue weighted by Crippen LogP contribution is -2.49. The van der Waals surface area contributed by atoms with Gasteiger partial charge in [0, 0.05) is 12.8 Å². The Labute approximate surface area is 137 Å². The number of rotatable bonds is 15. The van der Waals surface area contributed by atoms with Gasteiger partial charge in [-0.2, -0.15) is 0 Å². The van der Waals surface area contributed by atoms with Crippen molar-refractivity contribution in [3.8, 4) is 0 Å². The largest absolute Gasteiger partial charge is 0.371 e. The molecule has 1 amide bonds. The van der Waals surface area contributed by atoms with Crippen molar-refractivity contribution in [1.29, 1.82) is 0 Å². The average Bonchev–Trinajstić information content (AvgIpc) is 2.45. The summed E-state index contributed by atoms with van der Waals surface area (Å²) < 4.78 is 0. The Kier molecular flexibility index (Phi) is 13.6. The maximum absolute atomic E-state index is 11.9. The number of amides is 1. The van der Waals surface area contributed by atoms with Crippen LogP contribution in [0.2, 0.25) is 0 Å². The van der Waals surface area contributed by atoms with Gasteiger partial charge in [0.25, 0.3) is 0 Å². The Morgan fingerprint density at radius 2 is 1.45 bits per heavy atom. The van der Waals surface area contributed by atoms with Gasteiger partial charge in [0.05, 0.1) is 0 Å². The number of carbonyl (C=O) groups excluding carboxylic acids is 1. The summed E-state index contributed by atoms with van der Waals surface area (Å²) in [5.41, 5.74) is 4.40. The van der Waals surface area contributed by atoms with Crippen LogP contribution in [-0.4, -0.2) is 23.3 Å². The van der Waals surface area contributed by atoms with Crippen LogP contribution in [0.1, 0.15) is 97.3 Å². The molecule has 0 aromatic carbocycles. The van der Waals surface area contributed by atoms with Gasteiger partial charge in [-0.25, -0.2) is 0 Å². The summed E-state index contributed by atoms with van der Waals surface area (Å²) in [6.45, 7) is 4.61.